The Hall–Kier alpha value is -2.68. The number of ether oxygens (including phenoxy) is 1. The number of likely N-dealkylation sites (N-methyl/N-ethyl adjacent to an activating group) is 1. The normalized spacial score (nSPS) is 17.8. The van der Waals surface area contributed by atoms with Crippen molar-refractivity contribution in [1.82, 2.24) is 14.7 Å². The van der Waals surface area contributed by atoms with E-state index >= 15 is 0 Å². The van der Waals surface area contributed by atoms with E-state index in [9.17, 15) is 18.0 Å². The Balaban J connectivity index is 1.59. The van der Waals surface area contributed by atoms with Crippen molar-refractivity contribution in [3.8, 4) is 5.69 Å². The molecule has 1 aliphatic heterocycles. The Labute approximate surface area is 170 Å². The highest BCUT2D eigenvalue weighted by molar-refractivity contribution is 7.91. The summed E-state index contributed by atoms with van der Waals surface area (Å²) in [7, 11) is -1.55. The molecule has 156 valence electrons. The lowest BCUT2D eigenvalue weighted by molar-refractivity contribution is -0.151. The molecule has 29 heavy (non-hydrogen) atoms. The maximum Gasteiger partial charge on any atom is 0.310 e. The van der Waals surface area contributed by atoms with Gasteiger partial charge < -0.3 is 9.64 Å². The number of sulfone groups is 1. The number of hydrogen-bond donors (Lipinski definition) is 0. The number of nitrogens with zero attached hydrogens (tertiary/aromatic N) is 3. The molecule has 1 aliphatic rings. The summed E-state index contributed by atoms with van der Waals surface area (Å²) in [5, 5.41) is 4.50. The summed E-state index contributed by atoms with van der Waals surface area (Å²) in [6.45, 7) is 3.31. The Kier molecular flexibility index (Phi) is 6.07. The number of esters is 1. The number of aryl methyl sites for hydroxylation is 1. The van der Waals surface area contributed by atoms with Gasteiger partial charge in [-0.15, -0.1) is 0 Å². The van der Waals surface area contributed by atoms with Crippen LogP contribution in [0.4, 0.5) is 0 Å². The SMILES string of the molecule is Cc1nn(-c2ccccc2)c(C)c1CC(=O)OCC(=O)N(C)[C@H]1CCS(=O)(=O)C1. The first-order valence-corrected chi connectivity index (χ1v) is 11.2. The van der Waals surface area contributed by atoms with Crippen LogP contribution in [0.2, 0.25) is 0 Å². The summed E-state index contributed by atoms with van der Waals surface area (Å²) in [6.07, 6.45) is 0.425. The first kappa shape index (κ1) is 21.0. The predicted molar refractivity (Wildman–Crippen MR) is 108 cm³/mol. The smallest absolute Gasteiger partial charge is 0.310 e. The van der Waals surface area contributed by atoms with Gasteiger partial charge in [-0.25, -0.2) is 13.1 Å². The quantitative estimate of drug-likeness (QED) is 0.653. The minimum absolute atomic E-state index is 0.0132. The summed E-state index contributed by atoms with van der Waals surface area (Å²) >= 11 is 0. The van der Waals surface area contributed by atoms with E-state index in [2.05, 4.69) is 5.10 Å². The lowest BCUT2D eigenvalue weighted by Crippen LogP contribution is -2.40. The Morgan fingerprint density at radius 1 is 1.24 bits per heavy atom. The minimum Gasteiger partial charge on any atom is -0.455 e. The van der Waals surface area contributed by atoms with Gasteiger partial charge in [0.1, 0.15) is 0 Å². The second-order valence-corrected chi connectivity index (χ2v) is 9.52. The summed E-state index contributed by atoms with van der Waals surface area (Å²) in [4.78, 5) is 25.9. The van der Waals surface area contributed by atoms with E-state index in [1.807, 2.05) is 44.2 Å². The van der Waals surface area contributed by atoms with Gasteiger partial charge in [-0.2, -0.15) is 5.10 Å². The van der Waals surface area contributed by atoms with Crippen LogP contribution in [-0.4, -0.2) is 66.2 Å². The molecule has 3 rings (SSSR count). The molecule has 0 aliphatic carbocycles. The number of aromatic nitrogens is 2. The van der Waals surface area contributed by atoms with Crippen LogP contribution in [0, 0.1) is 13.8 Å². The van der Waals surface area contributed by atoms with Crippen LogP contribution in [-0.2, 0) is 30.6 Å². The molecule has 0 N–H and O–H groups in total. The number of carbonyl (C=O) groups excluding carboxylic acids is 2. The zero-order valence-corrected chi connectivity index (χ0v) is 17.6. The fourth-order valence-electron chi connectivity index (χ4n) is 3.48. The zero-order valence-electron chi connectivity index (χ0n) is 16.8. The third kappa shape index (κ3) is 4.84. The molecule has 8 nitrogen and oxygen atoms in total. The molecule has 0 radical (unpaired) electrons. The molecule has 0 bridgehead atoms. The highest BCUT2D eigenvalue weighted by Gasteiger charge is 2.33. The Morgan fingerprint density at radius 2 is 1.93 bits per heavy atom. The van der Waals surface area contributed by atoms with Crippen molar-refractivity contribution in [2.45, 2.75) is 32.7 Å². The Morgan fingerprint density at radius 3 is 2.55 bits per heavy atom. The molecule has 0 spiro atoms. The van der Waals surface area contributed by atoms with Crippen LogP contribution >= 0.6 is 0 Å². The van der Waals surface area contributed by atoms with E-state index < -0.39 is 28.3 Å². The van der Waals surface area contributed by atoms with Crippen molar-refractivity contribution < 1.29 is 22.7 Å². The van der Waals surface area contributed by atoms with Crippen LogP contribution < -0.4 is 0 Å². The van der Waals surface area contributed by atoms with Crippen LogP contribution in [0.25, 0.3) is 5.69 Å². The van der Waals surface area contributed by atoms with Gasteiger partial charge in [0.05, 0.1) is 29.3 Å². The molecule has 0 saturated carbocycles. The molecule has 1 fully saturated rings. The summed E-state index contributed by atoms with van der Waals surface area (Å²) in [5.41, 5.74) is 3.23. The first-order valence-electron chi connectivity index (χ1n) is 9.40. The average Bonchev–Trinajstić information content (AvgIpc) is 3.19. The summed E-state index contributed by atoms with van der Waals surface area (Å²) in [5.74, 6) is -0.891. The monoisotopic (exact) mass is 419 g/mol. The highest BCUT2D eigenvalue weighted by atomic mass is 32.2. The highest BCUT2D eigenvalue weighted by Crippen LogP contribution is 2.19. The number of amides is 1. The first-order chi connectivity index (χ1) is 13.7. The molecule has 0 unspecified atom stereocenters. The average molecular weight is 420 g/mol. The number of rotatable bonds is 6. The van der Waals surface area contributed by atoms with Gasteiger partial charge >= 0.3 is 5.97 Å². The van der Waals surface area contributed by atoms with E-state index in [1.54, 1.807) is 11.7 Å². The van der Waals surface area contributed by atoms with E-state index in [4.69, 9.17) is 4.74 Å². The van der Waals surface area contributed by atoms with Gasteiger partial charge in [-0.05, 0) is 32.4 Å². The molecule has 1 amide bonds. The van der Waals surface area contributed by atoms with E-state index in [0.717, 1.165) is 22.6 Å². The Bertz CT molecular complexity index is 1010. The van der Waals surface area contributed by atoms with Crippen LogP contribution in [0.1, 0.15) is 23.4 Å². The number of hydrogen-bond acceptors (Lipinski definition) is 6. The van der Waals surface area contributed by atoms with Crippen LogP contribution in [0.5, 0.6) is 0 Å². The van der Waals surface area contributed by atoms with Crippen molar-refractivity contribution in [2.24, 2.45) is 0 Å². The minimum atomic E-state index is -3.09. The van der Waals surface area contributed by atoms with Gasteiger partial charge in [0, 0.05) is 24.3 Å². The molecule has 1 aromatic heterocycles. The predicted octanol–water partition coefficient (Wildman–Crippen LogP) is 1.22. The van der Waals surface area contributed by atoms with E-state index in [-0.39, 0.29) is 24.0 Å². The number of benzene rings is 1. The second-order valence-electron chi connectivity index (χ2n) is 7.30. The molecule has 2 heterocycles. The summed E-state index contributed by atoms with van der Waals surface area (Å²) < 4.78 is 30.1. The van der Waals surface area contributed by atoms with Gasteiger partial charge in [-0.3, -0.25) is 9.59 Å². The molecule has 1 aromatic carbocycles. The maximum absolute atomic E-state index is 12.3. The third-order valence-corrected chi connectivity index (χ3v) is 7.02. The van der Waals surface area contributed by atoms with Gasteiger partial charge in [0.15, 0.2) is 16.4 Å². The standard InChI is InChI=1S/C20H25N3O5S/c1-14-18(15(2)23(21-14)16-7-5-4-6-8-16)11-20(25)28-12-19(24)22(3)17-9-10-29(26,27)13-17/h4-8,17H,9-13H2,1-3H3/t17-/m0/s1. The van der Waals surface area contributed by atoms with Crippen molar-refractivity contribution in [3.05, 3.63) is 47.3 Å². The van der Waals surface area contributed by atoms with E-state index in [0.29, 0.717) is 6.42 Å². The molecular formula is C20H25N3O5S. The molecule has 1 saturated heterocycles. The summed E-state index contributed by atoms with van der Waals surface area (Å²) in [6, 6.07) is 9.25. The fourth-order valence-corrected chi connectivity index (χ4v) is 5.25. The van der Waals surface area contributed by atoms with Gasteiger partial charge in [-0.1, -0.05) is 18.2 Å². The lowest BCUT2D eigenvalue weighted by Gasteiger charge is -2.23. The van der Waals surface area contributed by atoms with Crippen molar-refractivity contribution in [3.63, 3.8) is 0 Å². The van der Waals surface area contributed by atoms with Gasteiger partial charge in [0.2, 0.25) is 0 Å². The van der Waals surface area contributed by atoms with E-state index in [1.165, 1.54) is 4.90 Å². The van der Waals surface area contributed by atoms with Crippen LogP contribution in [0.3, 0.4) is 0 Å². The maximum atomic E-state index is 12.3. The molecule has 2 aromatic rings. The number of para-hydroxylation sites is 1. The van der Waals surface area contributed by atoms with Crippen molar-refractivity contribution in [2.75, 3.05) is 25.2 Å². The molecule has 1 atom stereocenters. The topological polar surface area (TPSA) is 98.6 Å². The molecule has 9 heteroatoms. The van der Waals surface area contributed by atoms with Crippen molar-refractivity contribution >= 4 is 21.7 Å². The lowest BCUT2D eigenvalue weighted by atomic mass is 10.1. The largest absolute Gasteiger partial charge is 0.455 e. The zero-order chi connectivity index (χ0) is 21.2. The second kappa shape index (κ2) is 8.36. The third-order valence-electron chi connectivity index (χ3n) is 5.27. The van der Waals surface area contributed by atoms with Crippen LogP contribution in [0.15, 0.2) is 30.3 Å². The van der Waals surface area contributed by atoms with Crippen molar-refractivity contribution in [1.29, 1.82) is 0 Å². The van der Waals surface area contributed by atoms with Gasteiger partial charge in [0.25, 0.3) is 5.91 Å². The molecular weight excluding hydrogens is 394 g/mol. The fraction of sp³-hybridized carbons (Fsp3) is 0.450. The number of carbonyl (C=O) groups is 2.